The molecule has 176 valence electrons. The number of anilines is 1. The predicted molar refractivity (Wildman–Crippen MR) is 125 cm³/mol. The lowest BCUT2D eigenvalue weighted by Gasteiger charge is -2.09. The van der Waals surface area contributed by atoms with Crippen LogP contribution >= 0.6 is 0 Å². The number of amides is 2. The molecule has 0 aliphatic heterocycles. The van der Waals surface area contributed by atoms with Crippen LogP contribution in [0.5, 0.6) is 5.75 Å². The van der Waals surface area contributed by atoms with Gasteiger partial charge in [-0.3, -0.25) is 9.59 Å². The van der Waals surface area contributed by atoms with Gasteiger partial charge in [0.15, 0.2) is 0 Å². The average molecular weight is 464 g/mol. The summed E-state index contributed by atoms with van der Waals surface area (Å²) in [7, 11) is 0. The SMILES string of the molecule is CCOC(=O)Oc1ccc(C(=O)NCc2ccc(NC(=O)CCc3cccc(F)c3)cc2)cc1. The zero-order valence-electron chi connectivity index (χ0n) is 18.7. The van der Waals surface area contributed by atoms with E-state index in [9.17, 15) is 18.8 Å². The third kappa shape index (κ3) is 7.74. The van der Waals surface area contributed by atoms with Crippen LogP contribution in [0.25, 0.3) is 0 Å². The number of carbonyl (C=O) groups excluding carboxylic acids is 3. The van der Waals surface area contributed by atoms with E-state index in [1.54, 1.807) is 55.5 Å². The highest BCUT2D eigenvalue weighted by atomic mass is 19.1. The van der Waals surface area contributed by atoms with Gasteiger partial charge in [0, 0.05) is 24.2 Å². The summed E-state index contributed by atoms with van der Waals surface area (Å²) in [5.41, 5.74) is 2.67. The lowest BCUT2D eigenvalue weighted by molar-refractivity contribution is -0.116. The van der Waals surface area contributed by atoms with E-state index in [1.165, 1.54) is 24.3 Å². The molecule has 0 bridgehead atoms. The largest absolute Gasteiger partial charge is 0.513 e. The molecule has 0 unspecified atom stereocenters. The van der Waals surface area contributed by atoms with Gasteiger partial charge in [0.25, 0.3) is 5.91 Å². The van der Waals surface area contributed by atoms with E-state index >= 15 is 0 Å². The summed E-state index contributed by atoms with van der Waals surface area (Å²) in [6.07, 6.45) is -0.111. The molecule has 0 radical (unpaired) electrons. The Balaban J connectivity index is 1.43. The highest BCUT2D eigenvalue weighted by molar-refractivity contribution is 5.94. The van der Waals surface area contributed by atoms with Gasteiger partial charge in [-0.15, -0.1) is 0 Å². The second-order valence-electron chi connectivity index (χ2n) is 7.37. The van der Waals surface area contributed by atoms with Crippen LogP contribution in [0.2, 0.25) is 0 Å². The summed E-state index contributed by atoms with van der Waals surface area (Å²) in [6, 6.07) is 19.4. The molecule has 0 atom stereocenters. The molecule has 2 amide bonds. The molecule has 34 heavy (non-hydrogen) atoms. The Labute approximate surface area is 196 Å². The summed E-state index contributed by atoms with van der Waals surface area (Å²) >= 11 is 0. The number of ether oxygens (including phenoxy) is 2. The first-order valence-corrected chi connectivity index (χ1v) is 10.8. The molecule has 7 nitrogen and oxygen atoms in total. The number of hydrogen-bond donors (Lipinski definition) is 2. The first-order chi connectivity index (χ1) is 16.4. The first kappa shape index (κ1) is 24.4. The molecule has 0 fully saturated rings. The second-order valence-corrected chi connectivity index (χ2v) is 7.37. The van der Waals surface area contributed by atoms with Gasteiger partial charge in [-0.05, 0) is 73.0 Å². The summed E-state index contributed by atoms with van der Waals surface area (Å²) < 4.78 is 22.9. The topological polar surface area (TPSA) is 93.7 Å². The van der Waals surface area contributed by atoms with E-state index in [-0.39, 0.29) is 36.4 Å². The molecule has 0 saturated heterocycles. The Bertz CT molecular complexity index is 1130. The van der Waals surface area contributed by atoms with Crippen LogP contribution in [0.3, 0.4) is 0 Å². The number of hydrogen-bond acceptors (Lipinski definition) is 5. The molecular formula is C26H25FN2O5. The van der Waals surface area contributed by atoms with Crippen molar-refractivity contribution in [2.75, 3.05) is 11.9 Å². The maximum Gasteiger partial charge on any atom is 0.513 e. The lowest BCUT2D eigenvalue weighted by Crippen LogP contribution is -2.22. The van der Waals surface area contributed by atoms with Crippen LogP contribution in [0.1, 0.15) is 34.8 Å². The molecule has 2 N–H and O–H groups in total. The van der Waals surface area contributed by atoms with Gasteiger partial charge in [0.1, 0.15) is 11.6 Å². The molecule has 3 rings (SSSR count). The van der Waals surface area contributed by atoms with Crippen molar-refractivity contribution in [3.63, 3.8) is 0 Å². The first-order valence-electron chi connectivity index (χ1n) is 10.8. The molecule has 3 aromatic carbocycles. The number of aryl methyl sites for hydroxylation is 1. The van der Waals surface area contributed by atoms with Crippen LogP contribution in [0, 0.1) is 5.82 Å². The molecule has 3 aromatic rings. The van der Waals surface area contributed by atoms with Gasteiger partial charge in [-0.2, -0.15) is 0 Å². The van der Waals surface area contributed by atoms with Crippen molar-refractivity contribution >= 4 is 23.7 Å². The zero-order valence-corrected chi connectivity index (χ0v) is 18.7. The Morgan fingerprint density at radius 3 is 2.32 bits per heavy atom. The fraction of sp³-hybridized carbons (Fsp3) is 0.192. The molecule has 0 spiro atoms. The van der Waals surface area contributed by atoms with E-state index in [4.69, 9.17) is 9.47 Å². The summed E-state index contributed by atoms with van der Waals surface area (Å²) in [4.78, 5) is 35.8. The fourth-order valence-electron chi connectivity index (χ4n) is 3.08. The van der Waals surface area contributed by atoms with Crippen LogP contribution in [0.4, 0.5) is 14.9 Å². The minimum atomic E-state index is -0.800. The van der Waals surface area contributed by atoms with Gasteiger partial charge in [-0.25, -0.2) is 9.18 Å². The standard InChI is InChI=1S/C26H25FN2O5/c1-2-33-26(32)34-23-13-9-20(10-14-23)25(31)28-17-19-6-11-22(12-7-19)29-24(30)15-8-18-4-3-5-21(27)16-18/h3-7,9-14,16H,2,8,15,17H2,1H3,(H,28,31)(H,29,30). The van der Waals surface area contributed by atoms with Gasteiger partial charge in [-0.1, -0.05) is 24.3 Å². The van der Waals surface area contributed by atoms with E-state index < -0.39 is 6.16 Å². The average Bonchev–Trinajstić information content (AvgIpc) is 2.83. The molecular weight excluding hydrogens is 439 g/mol. The van der Waals surface area contributed by atoms with E-state index in [0.29, 0.717) is 24.2 Å². The van der Waals surface area contributed by atoms with Gasteiger partial charge < -0.3 is 20.1 Å². The number of halogens is 1. The van der Waals surface area contributed by atoms with Gasteiger partial charge >= 0.3 is 6.16 Å². The van der Waals surface area contributed by atoms with Crippen molar-refractivity contribution < 1.29 is 28.2 Å². The highest BCUT2D eigenvalue weighted by Gasteiger charge is 2.09. The fourth-order valence-corrected chi connectivity index (χ4v) is 3.08. The third-order valence-electron chi connectivity index (χ3n) is 4.80. The summed E-state index contributed by atoms with van der Waals surface area (Å²) in [5.74, 6) is -0.484. The minimum absolute atomic E-state index is 0.166. The van der Waals surface area contributed by atoms with Crippen molar-refractivity contribution in [3.05, 3.63) is 95.3 Å². The molecule has 0 aliphatic carbocycles. The minimum Gasteiger partial charge on any atom is -0.434 e. The van der Waals surface area contributed by atoms with Crippen molar-refractivity contribution in [1.82, 2.24) is 5.32 Å². The van der Waals surface area contributed by atoms with E-state index in [0.717, 1.165) is 11.1 Å². The Morgan fingerprint density at radius 2 is 1.65 bits per heavy atom. The molecule has 8 heteroatoms. The molecule has 0 aliphatic rings. The lowest BCUT2D eigenvalue weighted by atomic mass is 10.1. The predicted octanol–water partition coefficient (Wildman–Crippen LogP) is 4.86. The summed E-state index contributed by atoms with van der Waals surface area (Å²) in [5, 5.41) is 5.62. The molecule has 0 heterocycles. The second kappa shape index (κ2) is 12.2. The van der Waals surface area contributed by atoms with Crippen LogP contribution in [0.15, 0.2) is 72.8 Å². The number of rotatable bonds is 9. The Kier molecular flexibility index (Phi) is 8.73. The zero-order chi connectivity index (χ0) is 24.3. The summed E-state index contributed by atoms with van der Waals surface area (Å²) in [6.45, 7) is 2.19. The van der Waals surface area contributed by atoms with Gasteiger partial charge in [0.2, 0.25) is 5.91 Å². The monoisotopic (exact) mass is 464 g/mol. The molecule has 0 aromatic heterocycles. The van der Waals surface area contributed by atoms with Gasteiger partial charge in [0.05, 0.1) is 6.61 Å². The van der Waals surface area contributed by atoms with Crippen molar-refractivity contribution in [2.24, 2.45) is 0 Å². The van der Waals surface area contributed by atoms with Crippen molar-refractivity contribution in [1.29, 1.82) is 0 Å². The van der Waals surface area contributed by atoms with Crippen LogP contribution < -0.4 is 15.4 Å². The van der Waals surface area contributed by atoms with E-state index in [2.05, 4.69) is 10.6 Å². The normalized spacial score (nSPS) is 10.3. The quantitative estimate of drug-likeness (QED) is 0.348. The number of carbonyl (C=O) groups is 3. The maximum absolute atomic E-state index is 13.2. The molecule has 0 saturated carbocycles. The number of benzene rings is 3. The van der Waals surface area contributed by atoms with Crippen molar-refractivity contribution in [2.45, 2.75) is 26.3 Å². The van der Waals surface area contributed by atoms with Crippen molar-refractivity contribution in [3.8, 4) is 5.75 Å². The van der Waals surface area contributed by atoms with E-state index in [1.807, 2.05) is 0 Å². The smallest absolute Gasteiger partial charge is 0.434 e. The highest BCUT2D eigenvalue weighted by Crippen LogP contribution is 2.14. The Hall–Kier alpha value is -4.20. The number of nitrogens with one attached hydrogen (secondary N) is 2. The maximum atomic E-state index is 13.2. The van der Waals surface area contributed by atoms with Crippen LogP contribution in [-0.4, -0.2) is 24.6 Å². The van der Waals surface area contributed by atoms with Crippen LogP contribution in [-0.2, 0) is 22.5 Å². The third-order valence-corrected chi connectivity index (χ3v) is 4.80. The Morgan fingerprint density at radius 1 is 0.912 bits per heavy atom.